The van der Waals surface area contributed by atoms with Crippen LogP contribution in [-0.4, -0.2) is 42.4 Å². The van der Waals surface area contributed by atoms with Crippen LogP contribution in [0.15, 0.2) is 77.8 Å². The molecule has 2 aliphatic rings. The average Bonchev–Trinajstić information content (AvgIpc) is 3.51. The molecule has 0 aliphatic carbocycles. The van der Waals surface area contributed by atoms with Gasteiger partial charge in [-0.1, -0.05) is 48.5 Å². The van der Waals surface area contributed by atoms with Gasteiger partial charge in [0, 0.05) is 42.5 Å². The lowest BCUT2D eigenvalue weighted by atomic mass is 9.92. The first-order valence-corrected chi connectivity index (χ1v) is 11.7. The fraction of sp³-hybridized carbons (Fsp3) is 0.172. The average molecular weight is 464 g/mol. The lowest BCUT2D eigenvalue weighted by Crippen LogP contribution is -2.39. The standard InChI is InChI=1S/C29H25N3O3/c1-30-17-20-8-6-19(7-9-20)10-13-27(33)32-15-14-23-22-4-2-3-5-24(22)31-28(23)29(32)21-11-12-25-26(16-21)35-18-34-25/h2-13,16-17,29,31H,14-15,18H2,1H3/b13-10+,30-17?. The van der Waals surface area contributed by atoms with E-state index in [2.05, 4.69) is 28.2 Å². The minimum Gasteiger partial charge on any atom is -0.454 e. The van der Waals surface area contributed by atoms with E-state index in [0.29, 0.717) is 12.3 Å². The van der Waals surface area contributed by atoms with E-state index < -0.39 is 0 Å². The maximum Gasteiger partial charge on any atom is 0.247 e. The number of amides is 1. The Kier molecular flexibility index (Phi) is 5.34. The Morgan fingerprint density at radius 2 is 1.83 bits per heavy atom. The molecule has 2 aliphatic heterocycles. The summed E-state index contributed by atoms with van der Waals surface area (Å²) in [7, 11) is 1.75. The zero-order valence-corrected chi connectivity index (χ0v) is 19.4. The van der Waals surface area contributed by atoms with E-state index >= 15 is 0 Å². The van der Waals surface area contributed by atoms with Crippen molar-refractivity contribution in [2.75, 3.05) is 20.4 Å². The number of H-pyrrole nitrogens is 1. The van der Waals surface area contributed by atoms with Crippen LogP contribution >= 0.6 is 0 Å². The predicted octanol–water partition coefficient (Wildman–Crippen LogP) is 5.13. The minimum atomic E-state index is -0.249. The van der Waals surface area contributed by atoms with E-state index in [-0.39, 0.29) is 18.7 Å². The van der Waals surface area contributed by atoms with Crippen LogP contribution in [0.25, 0.3) is 17.0 Å². The highest BCUT2D eigenvalue weighted by Gasteiger charge is 2.34. The predicted molar refractivity (Wildman–Crippen MR) is 137 cm³/mol. The van der Waals surface area contributed by atoms with Gasteiger partial charge in [-0.3, -0.25) is 9.79 Å². The van der Waals surface area contributed by atoms with Gasteiger partial charge in [0.1, 0.15) is 0 Å². The first kappa shape index (κ1) is 21.2. The summed E-state index contributed by atoms with van der Waals surface area (Å²) in [6.45, 7) is 0.846. The van der Waals surface area contributed by atoms with E-state index in [4.69, 9.17) is 9.47 Å². The number of aliphatic imine (C=N–C) groups is 1. The van der Waals surface area contributed by atoms with Gasteiger partial charge in [-0.05, 0) is 52.9 Å². The molecule has 6 heteroatoms. The molecule has 3 heterocycles. The number of para-hydroxylation sites is 1. The molecule has 3 aromatic carbocycles. The van der Waals surface area contributed by atoms with Gasteiger partial charge in [-0.2, -0.15) is 0 Å². The monoisotopic (exact) mass is 463 g/mol. The van der Waals surface area contributed by atoms with Crippen LogP contribution < -0.4 is 9.47 Å². The second-order valence-corrected chi connectivity index (χ2v) is 8.75. The molecule has 1 unspecified atom stereocenters. The van der Waals surface area contributed by atoms with Crippen molar-refractivity contribution in [3.05, 3.63) is 101 Å². The number of hydrogen-bond acceptors (Lipinski definition) is 4. The Morgan fingerprint density at radius 1 is 1.03 bits per heavy atom. The van der Waals surface area contributed by atoms with Gasteiger partial charge >= 0.3 is 0 Å². The third-order valence-corrected chi connectivity index (χ3v) is 6.66. The van der Waals surface area contributed by atoms with Gasteiger partial charge in [0.25, 0.3) is 0 Å². The number of ether oxygens (including phenoxy) is 2. The normalized spacial score (nSPS) is 16.9. The first-order chi connectivity index (χ1) is 17.2. The van der Waals surface area contributed by atoms with Crippen molar-refractivity contribution < 1.29 is 14.3 Å². The van der Waals surface area contributed by atoms with Crippen LogP contribution in [0.2, 0.25) is 0 Å². The minimum absolute atomic E-state index is 0.0313. The second-order valence-electron chi connectivity index (χ2n) is 8.75. The number of fused-ring (bicyclic) bond motifs is 4. The molecule has 1 atom stereocenters. The fourth-order valence-electron chi connectivity index (χ4n) is 5.01. The topological polar surface area (TPSA) is 66.9 Å². The van der Waals surface area contributed by atoms with Crippen molar-refractivity contribution in [2.45, 2.75) is 12.5 Å². The summed E-state index contributed by atoms with van der Waals surface area (Å²) in [6, 6.07) is 22.0. The third kappa shape index (κ3) is 3.87. The molecule has 6 nitrogen and oxygen atoms in total. The summed E-state index contributed by atoms with van der Waals surface area (Å²) in [5.41, 5.74) is 6.40. The number of aromatic amines is 1. The van der Waals surface area contributed by atoms with Crippen molar-refractivity contribution in [1.82, 2.24) is 9.88 Å². The maximum absolute atomic E-state index is 13.5. The molecule has 0 fully saturated rings. The van der Waals surface area contributed by atoms with Crippen molar-refractivity contribution in [1.29, 1.82) is 0 Å². The highest BCUT2D eigenvalue weighted by Crippen LogP contribution is 2.42. The zero-order valence-electron chi connectivity index (χ0n) is 19.4. The lowest BCUT2D eigenvalue weighted by Gasteiger charge is -2.35. The Morgan fingerprint density at radius 3 is 2.69 bits per heavy atom. The summed E-state index contributed by atoms with van der Waals surface area (Å²) in [5, 5.41) is 1.21. The number of aromatic nitrogens is 1. The van der Waals surface area contributed by atoms with E-state index in [1.54, 1.807) is 19.3 Å². The number of benzene rings is 3. The lowest BCUT2D eigenvalue weighted by molar-refractivity contribution is -0.128. The van der Waals surface area contributed by atoms with Crippen molar-refractivity contribution in [3.63, 3.8) is 0 Å². The molecule has 4 aromatic rings. The number of hydrogen-bond donors (Lipinski definition) is 1. The van der Waals surface area contributed by atoms with Gasteiger partial charge < -0.3 is 19.4 Å². The molecule has 0 radical (unpaired) electrons. The van der Waals surface area contributed by atoms with Crippen LogP contribution in [0.4, 0.5) is 0 Å². The highest BCUT2D eigenvalue weighted by atomic mass is 16.7. The molecule has 0 saturated heterocycles. The van der Waals surface area contributed by atoms with Crippen molar-refractivity contribution in [3.8, 4) is 11.5 Å². The number of nitrogens with one attached hydrogen (secondary N) is 1. The molecular weight excluding hydrogens is 438 g/mol. The van der Waals surface area contributed by atoms with Crippen LogP contribution in [0.1, 0.15) is 34.0 Å². The van der Waals surface area contributed by atoms with Crippen LogP contribution in [0.3, 0.4) is 0 Å². The molecule has 174 valence electrons. The smallest absolute Gasteiger partial charge is 0.247 e. The van der Waals surface area contributed by atoms with Gasteiger partial charge in [0.2, 0.25) is 12.7 Å². The fourth-order valence-corrected chi connectivity index (χ4v) is 5.01. The molecule has 0 spiro atoms. The first-order valence-electron chi connectivity index (χ1n) is 11.7. The number of rotatable bonds is 4. The second kappa shape index (κ2) is 8.80. The van der Waals surface area contributed by atoms with E-state index in [1.807, 2.05) is 59.5 Å². The van der Waals surface area contributed by atoms with Crippen molar-refractivity contribution in [2.24, 2.45) is 4.99 Å². The molecule has 0 bridgehead atoms. The maximum atomic E-state index is 13.5. The van der Waals surface area contributed by atoms with Crippen LogP contribution in [0.5, 0.6) is 11.5 Å². The summed E-state index contributed by atoms with van der Waals surface area (Å²) >= 11 is 0. The largest absolute Gasteiger partial charge is 0.454 e. The summed E-state index contributed by atoms with van der Waals surface area (Å²) < 4.78 is 11.2. The quantitative estimate of drug-likeness (QED) is 0.337. The SMILES string of the molecule is CN=Cc1ccc(/C=C/C(=O)N2CCc3c([nH]c4ccccc34)C2c2ccc3c(c2)OCO3)cc1. The summed E-state index contributed by atoms with van der Waals surface area (Å²) in [6.07, 6.45) is 6.13. The van der Waals surface area contributed by atoms with Crippen LogP contribution in [0, 0.1) is 0 Å². The zero-order chi connectivity index (χ0) is 23.8. The van der Waals surface area contributed by atoms with Gasteiger partial charge in [0.15, 0.2) is 11.5 Å². The third-order valence-electron chi connectivity index (χ3n) is 6.66. The molecular formula is C29H25N3O3. The molecule has 1 N–H and O–H groups in total. The number of carbonyl (C=O) groups is 1. The number of nitrogens with zero attached hydrogens (tertiary/aromatic N) is 2. The highest BCUT2D eigenvalue weighted by molar-refractivity contribution is 5.93. The molecule has 1 amide bonds. The van der Waals surface area contributed by atoms with Gasteiger partial charge in [-0.25, -0.2) is 0 Å². The molecule has 0 saturated carbocycles. The Hall–Kier alpha value is -4.32. The van der Waals surface area contributed by atoms with Gasteiger partial charge in [0.05, 0.1) is 6.04 Å². The Balaban J connectivity index is 1.37. The van der Waals surface area contributed by atoms with E-state index in [1.165, 1.54) is 10.9 Å². The molecule has 35 heavy (non-hydrogen) atoms. The number of carbonyl (C=O) groups excluding carboxylic acids is 1. The van der Waals surface area contributed by atoms with Crippen molar-refractivity contribution >= 4 is 29.1 Å². The van der Waals surface area contributed by atoms with Gasteiger partial charge in [-0.15, -0.1) is 0 Å². The van der Waals surface area contributed by atoms with E-state index in [0.717, 1.165) is 40.1 Å². The summed E-state index contributed by atoms with van der Waals surface area (Å²) in [4.78, 5) is 23.1. The Bertz CT molecular complexity index is 1470. The van der Waals surface area contributed by atoms with Crippen LogP contribution in [-0.2, 0) is 11.2 Å². The molecule has 6 rings (SSSR count). The summed E-state index contributed by atoms with van der Waals surface area (Å²) in [5.74, 6) is 1.41. The molecule has 1 aromatic heterocycles. The van der Waals surface area contributed by atoms with E-state index in [9.17, 15) is 4.79 Å². The Labute approximate surface area is 203 Å².